The van der Waals surface area contributed by atoms with E-state index in [0.29, 0.717) is 0 Å². The Morgan fingerprint density at radius 1 is 1.36 bits per heavy atom. The van der Waals surface area contributed by atoms with Crippen LogP contribution < -0.4 is 0 Å². The Hall–Kier alpha value is -1.64. The molecule has 1 aromatic heterocycles. The highest BCUT2D eigenvalue weighted by Gasteiger charge is 2.08. The molecular weight excluding hydrogens is 176 g/mol. The largest absolute Gasteiger partial charge is 0.295 e. The molecule has 0 aliphatic heterocycles. The van der Waals surface area contributed by atoms with Crippen LogP contribution in [-0.2, 0) is 0 Å². The molecule has 1 aromatic carbocycles. The van der Waals surface area contributed by atoms with E-state index in [1.165, 1.54) is 0 Å². The zero-order valence-electron chi connectivity index (χ0n) is 8.51. The first-order chi connectivity index (χ1) is 6.59. The second-order valence-corrected chi connectivity index (χ2v) is 3.58. The lowest BCUT2D eigenvalue weighted by Gasteiger charge is -2.01. The number of carbonyl (C=O) groups excluding carboxylic acids is 1. The maximum Gasteiger partial charge on any atom is 0.160 e. The number of carbonyl (C=O) groups is 1. The lowest BCUT2D eigenvalue weighted by atomic mass is 10.0. The number of Topliss-reactive ketones (excluding diaryl/α,β-unsaturated/α-hetero) is 1. The van der Waals surface area contributed by atoms with Crippen molar-refractivity contribution in [1.29, 1.82) is 0 Å². The van der Waals surface area contributed by atoms with E-state index in [1.54, 1.807) is 6.92 Å². The molecule has 1 N–H and O–H groups in total. The van der Waals surface area contributed by atoms with Crippen LogP contribution in [0.5, 0.6) is 0 Å². The van der Waals surface area contributed by atoms with E-state index < -0.39 is 0 Å². The molecule has 0 saturated carbocycles. The third-order valence-electron chi connectivity index (χ3n) is 2.48. The number of ketones is 1. The summed E-state index contributed by atoms with van der Waals surface area (Å²) in [5.41, 5.74) is 3.70. The van der Waals surface area contributed by atoms with E-state index in [9.17, 15) is 4.79 Å². The number of hydrogen-bond donors (Lipinski definition) is 1. The van der Waals surface area contributed by atoms with E-state index in [4.69, 9.17) is 0 Å². The average molecular weight is 188 g/mol. The maximum absolute atomic E-state index is 11.3. The standard InChI is InChI=1S/C11H12N2O/c1-6-4-11-10(7(2)12-13-11)5-9(6)8(3)14/h4-5H,1-3H3,(H,12,13). The SMILES string of the molecule is CC(=O)c1cc2c(C)n[nH]c2cc1C. The van der Waals surface area contributed by atoms with Gasteiger partial charge < -0.3 is 0 Å². The van der Waals surface area contributed by atoms with E-state index in [0.717, 1.165) is 27.7 Å². The molecule has 0 atom stereocenters. The number of nitrogens with one attached hydrogen (secondary N) is 1. The molecule has 0 spiro atoms. The first kappa shape index (κ1) is 8.94. The molecule has 1 heterocycles. The lowest BCUT2D eigenvalue weighted by molar-refractivity contribution is 0.101. The fourth-order valence-electron chi connectivity index (χ4n) is 1.68. The highest BCUT2D eigenvalue weighted by Crippen LogP contribution is 2.20. The Morgan fingerprint density at radius 3 is 2.71 bits per heavy atom. The zero-order chi connectivity index (χ0) is 10.3. The van der Waals surface area contributed by atoms with Crippen molar-refractivity contribution in [3.8, 4) is 0 Å². The van der Waals surface area contributed by atoms with Crippen LogP contribution in [0.1, 0.15) is 28.5 Å². The zero-order valence-corrected chi connectivity index (χ0v) is 8.51. The van der Waals surface area contributed by atoms with Gasteiger partial charge in [0.05, 0.1) is 11.2 Å². The van der Waals surface area contributed by atoms with Crippen molar-refractivity contribution in [1.82, 2.24) is 10.2 Å². The molecule has 0 unspecified atom stereocenters. The van der Waals surface area contributed by atoms with E-state index >= 15 is 0 Å². The Balaban J connectivity index is 2.80. The summed E-state index contributed by atoms with van der Waals surface area (Å²) in [5.74, 6) is 0.102. The van der Waals surface area contributed by atoms with Gasteiger partial charge in [-0.2, -0.15) is 5.10 Å². The maximum atomic E-state index is 11.3. The highest BCUT2D eigenvalue weighted by atomic mass is 16.1. The minimum Gasteiger partial charge on any atom is -0.295 e. The molecular formula is C11H12N2O. The Bertz CT molecular complexity index is 511. The first-order valence-corrected chi connectivity index (χ1v) is 4.56. The van der Waals surface area contributed by atoms with Gasteiger partial charge >= 0.3 is 0 Å². The fraction of sp³-hybridized carbons (Fsp3) is 0.273. The van der Waals surface area contributed by atoms with Gasteiger partial charge in [0.2, 0.25) is 0 Å². The second-order valence-electron chi connectivity index (χ2n) is 3.58. The van der Waals surface area contributed by atoms with Crippen molar-refractivity contribution in [3.05, 3.63) is 29.0 Å². The van der Waals surface area contributed by atoms with Gasteiger partial charge in [-0.3, -0.25) is 9.89 Å². The molecule has 0 amide bonds. The van der Waals surface area contributed by atoms with Gasteiger partial charge in [-0.1, -0.05) is 0 Å². The van der Waals surface area contributed by atoms with Crippen molar-refractivity contribution in [2.45, 2.75) is 20.8 Å². The number of aryl methyl sites for hydroxylation is 2. The van der Waals surface area contributed by atoms with Crippen LogP contribution in [-0.4, -0.2) is 16.0 Å². The quantitative estimate of drug-likeness (QED) is 0.698. The molecule has 0 aliphatic rings. The van der Waals surface area contributed by atoms with Crippen molar-refractivity contribution < 1.29 is 4.79 Å². The number of fused-ring (bicyclic) bond motifs is 1. The van der Waals surface area contributed by atoms with Crippen LogP contribution in [0.25, 0.3) is 10.9 Å². The molecule has 0 fully saturated rings. The Morgan fingerprint density at radius 2 is 2.07 bits per heavy atom. The fourth-order valence-corrected chi connectivity index (χ4v) is 1.68. The number of aromatic nitrogens is 2. The molecule has 3 heteroatoms. The minimum atomic E-state index is 0.102. The van der Waals surface area contributed by atoms with E-state index in [1.807, 2.05) is 26.0 Å². The summed E-state index contributed by atoms with van der Waals surface area (Å²) in [6.07, 6.45) is 0. The van der Waals surface area contributed by atoms with Crippen molar-refractivity contribution >= 4 is 16.7 Å². The number of nitrogens with zero attached hydrogens (tertiary/aromatic N) is 1. The number of hydrogen-bond acceptors (Lipinski definition) is 2. The third-order valence-corrected chi connectivity index (χ3v) is 2.48. The highest BCUT2D eigenvalue weighted by molar-refractivity contribution is 5.99. The minimum absolute atomic E-state index is 0.102. The monoisotopic (exact) mass is 188 g/mol. The molecule has 0 aliphatic carbocycles. The van der Waals surface area contributed by atoms with Crippen LogP contribution in [0.15, 0.2) is 12.1 Å². The molecule has 0 saturated heterocycles. The van der Waals surface area contributed by atoms with Gasteiger partial charge in [-0.15, -0.1) is 0 Å². The number of benzene rings is 1. The van der Waals surface area contributed by atoms with Crippen LogP contribution >= 0.6 is 0 Å². The summed E-state index contributed by atoms with van der Waals surface area (Å²) in [4.78, 5) is 11.3. The first-order valence-electron chi connectivity index (χ1n) is 4.56. The van der Waals surface area contributed by atoms with Gasteiger partial charge in [-0.05, 0) is 38.5 Å². The molecule has 2 aromatic rings. The Kier molecular flexibility index (Phi) is 1.88. The summed E-state index contributed by atoms with van der Waals surface area (Å²) in [6, 6.07) is 3.87. The van der Waals surface area contributed by atoms with Gasteiger partial charge in [0.1, 0.15) is 0 Å². The number of H-pyrrole nitrogens is 1. The second kappa shape index (κ2) is 2.94. The summed E-state index contributed by atoms with van der Waals surface area (Å²) in [7, 11) is 0. The Labute approximate surface area is 82.1 Å². The van der Waals surface area contributed by atoms with E-state index in [-0.39, 0.29) is 5.78 Å². The summed E-state index contributed by atoms with van der Waals surface area (Å²) >= 11 is 0. The van der Waals surface area contributed by atoms with Crippen molar-refractivity contribution in [2.75, 3.05) is 0 Å². The van der Waals surface area contributed by atoms with Crippen LogP contribution in [0, 0.1) is 13.8 Å². The number of aromatic amines is 1. The average Bonchev–Trinajstić information content (AvgIpc) is 2.46. The molecule has 2 rings (SSSR count). The predicted molar refractivity (Wildman–Crippen MR) is 55.6 cm³/mol. The molecule has 0 radical (unpaired) electrons. The molecule has 14 heavy (non-hydrogen) atoms. The molecule has 0 bridgehead atoms. The predicted octanol–water partition coefficient (Wildman–Crippen LogP) is 2.38. The van der Waals surface area contributed by atoms with Crippen molar-refractivity contribution in [3.63, 3.8) is 0 Å². The smallest absolute Gasteiger partial charge is 0.160 e. The summed E-state index contributed by atoms with van der Waals surface area (Å²) < 4.78 is 0. The molecule has 3 nitrogen and oxygen atoms in total. The van der Waals surface area contributed by atoms with Crippen molar-refractivity contribution in [2.24, 2.45) is 0 Å². The van der Waals surface area contributed by atoms with Gasteiger partial charge in [0, 0.05) is 10.9 Å². The summed E-state index contributed by atoms with van der Waals surface area (Å²) in [6.45, 7) is 5.45. The van der Waals surface area contributed by atoms with Crippen LogP contribution in [0.4, 0.5) is 0 Å². The lowest BCUT2D eigenvalue weighted by Crippen LogP contribution is -1.95. The van der Waals surface area contributed by atoms with Gasteiger partial charge in [0.25, 0.3) is 0 Å². The number of rotatable bonds is 1. The van der Waals surface area contributed by atoms with Crippen LogP contribution in [0.2, 0.25) is 0 Å². The molecule has 72 valence electrons. The summed E-state index contributed by atoms with van der Waals surface area (Å²) in [5, 5.41) is 8.06. The van der Waals surface area contributed by atoms with Gasteiger partial charge in [0.15, 0.2) is 5.78 Å². The van der Waals surface area contributed by atoms with E-state index in [2.05, 4.69) is 10.2 Å². The topological polar surface area (TPSA) is 45.8 Å². The van der Waals surface area contributed by atoms with Crippen LogP contribution in [0.3, 0.4) is 0 Å². The third kappa shape index (κ3) is 1.21. The van der Waals surface area contributed by atoms with Gasteiger partial charge in [-0.25, -0.2) is 0 Å². The normalized spacial score (nSPS) is 10.8.